The van der Waals surface area contributed by atoms with E-state index in [-0.39, 0.29) is 6.61 Å². The molecule has 6 nitrogen and oxygen atoms in total. The number of aliphatic hydroxyl groups excluding tert-OH is 4. The van der Waals surface area contributed by atoms with Crippen molar-refractivity contribution in [3.8, 4) is 0 Å². The van der Waals surface area contributed by atoms with Crippen LogP contribution in [0.15, 0.2) is 0 Å². The second-order valence-electron chi connectivity index (χ2n) is 7.87. The maximum atomic E-state index is 10.2. The molecule has 5 rings (SSSR count). The smallest absolute Gasteiger partial charge is 0.137 e. The molecule has 0 radical (unpaired) electrons. The molecule has 4 aliphatic carbocycles. The third-order valence-corrected chi connectivity index (χ3v) is 6.48. The van der Waals surface area contributed by atoms with Crippen LogP contribution >= 0.6 is 0 Å². The fraction of sp³-hybridized carbons (Fsp3) is 1.00. The average Bonchev–Trinajstić information content (AvgIpc) is 2.50. The van der Waals surface area contributed by atoms with Crippen LogP contribution in [0.1, 0.15) is 32.1 Å². The topological polar surface area (TPSA) is 102 Å². The standard InChI is InChI=1S/C16H27NO5/c18-6-11-13(19)14(20)15(21)16(22-11)17-12-9-2-7-1-8(4-9)5-10(12)3-7/h7-21H,1-6H2/t7?,8?,9?,10?,11-,12?,13-,14+,15-,16-/m1/s1. The second kappa shape index (κ2) is 5.69. The van der Waals surface area contributed by atoms with Crippen molar-refractivity contribution in [2.75, 3.05) is 6.61 Å². The molecule has 126 valence electrons. The van der Waals surface area contributed by atoms with E-state index in [1.165, 1.54) is 32.1 Å². The molecule has 6 heteroatoms. The van der Waals surface area contributed by atoms with Crippen LogP contribution in [0.4, 0.5) is 0 Å². The lowest BCUT2D eigenvalue weighted by atomic mass is 9.54. The molecule has 5 atom stereocenters. The lowest BCUT2D eigenvalue weighted by Crippen LogP contribution is -2.66. The Morgan fingerprint density at radius 1 is 0.818 bits per heavy atom. The minimum absolute atomic E-state index is 0.314. The highest BCUT2D eigenvalue weighted by Gasteiger charge is 2.51. The van der Waals surface area contributed by atoms with Crippen molar-refractivity contribution < 1.29 is 25.2 Å². The van der Waals surface area contributed by atoms with Gasteiger partial charge in [-0.15, -0.1) is 0 Å². The van der Waals surface area contributed by atoms with E-state index in [9.17, 15) is 20.4 Å². The first-order valence-electron chi connectivity index (χ1n) is 8.63. The molecule has 4 saturated carbocycles. The minimum Gasteiger partial charge on any atom is -0.394 e. The number of aliphatic hydroxyl groups is 4. The lowest BCUT2D eigenvalue weighted by Gasteiger charge is -2.56. The van der Waals surface area contributed by atoms with Crippen LogP contribution in [0.3, 0.4) is 0 Å². The van der Waals surface area contributed by atoms with Gasteiger partial charge in [-0.2, -0.15) is 0 Å². The number of hydrogen-bond acceptors (Lipinski definition) is 6. The van der Waals surface area contributed by atoms with Gasteiger partial charge in [0.2, 0.25) is 0 Å². The molecule has 5 aliphatic rings. The summed E-state index contributed by atoms with van der Waals surface area (Å²) in [6, 6.07) is 0.314. The van der Waals surface area contributed by atoms with Crippen molar-refractivity contribution >= 4 is 0 Å². The maximum absolute atomic E-state index is 10.2. The van der Waals surface area contributed by atoms with Gasteiger partial charge >= 0.3 is 0 Å². The minimum atomic E-state index is -1.29. The molecule has 0 aromatic carbocycles. The van der Waals surface area contributed by atoms with E-state index in [4.69, 9.17) is 4.74 Å². The maximum Gasteiger partial charge on any atom is 0.137 e. The van der Waals surface area contributed by atoms with Crippen LogP contribution in [0, 0.1) is 23.7 Å². The van der Waals surface area contributed by atoms with Crippen LogP contribution in [0.2, 0.25) is 0 Å². The molecule has 5 N–H and O–H groups in total. The van der Waals surface area contributed by atoms with Crippen LogP contribution < -0.4 is 5.32 Å². The van der Waals surface area contributed by atoms with Crippen LogP contribution in [0.25, 0.3) is 0 Å². The zero-order valence-corrected chi connectivity index (χ0v) is 12.7. The summed E-state index contributed by atoms with van der Waals surface area (Å²) in [6.45, 7) is -0.370. The van der Waals surface area contributed by atoms with Crippen molar-refractivity contribution in [2.24, 2.45) is 23.7 Å². The van der Waals surface area contributed by atoms with E-state index in [0.29, 0.717) is 17.9 Å². The lowest BCUT2D eigenvalue weighted by molar-refractivity contribution is -0.242. The molecule has 1 heterocycles. The first-order valence-corrected chi connectivity index (χ1v) is 8.63. The first-order chi connectivity index (χ1) is 10.6. The Labute approximate surface area is 130 Å². The van der Waals surface area contributed by atoms with Gasteiger partial charge in [-0.25, -0.2) is 0 Å². The van der Waals surface area contributed by atoms with Crippen LogP contribution in [-0.4, -0.2) is 63.7 Å². The summed E-state index contributed by atoms with van der Waals surface area (Å²) in [4.78, 5) is 0. The fourth-order valence-corrected chi connectivity index (χ4v) is 5.63. The van der Waals surface area contributed by atoms with E-state index < -0.39 is 30.6 Å². The van der Waals surface area contributed by atoms with Crippen molar-refractivity contribution in [1.82, 2.24) is 5.32 Å². The van der Waals surface area contributed by atoms with Gasteiger partial charge in [-0.3, -0.25) is 5.32 Å². The SMILES string of the molecule is OC[C@H]1O[C@@H](NC2C3CC4CC(C3)CC2C4)[C@H](O)[C@@H](O)[C@@H]1O. The fourth-order valence-electron chi connectivity index (χ4n) is 5.63. The van der Waals surface area contributed by atoms with Gasteiger partial charge in [0.25, 0.3) is 0 Å². The number of ether oxygens (including phenoxy) is 1. The zero-order chi connectivity index (χ0) is 15.4. The molecule has 0 unspecified atom stereocenters. The predicted molar refractivity (Wildman–Crippen MR) is 77.7 cm³/mol. The van der Waals surface area contributed by atoms with E-state index in [1.807, 2.05) is 0 Å². The highest BCUT2D eigenvalue weighted by molar-refractivity contribution is 5.03. The van der Waals surface area contributed by atoms with Crippen molar-refractivity contribution in [3.05, 3.63) is 0 Å². The summed E-state index contributed by atoms with van der Waals surface area (Å²) in [5.74, 6) is 3.00. The van der Waals surface area contributed by atoms with E-state index >= 15 is 0 Å². The first kappa shape index (κ1) is 15.3. The molecule has 5 fully saturated rings. The Kier molecular flexibility index (Phi) is 3.95. The Morgan fingerprint density at radius 2 is 1.41 bits per heavy atom. The summed E-state index contributed by atoms with van der Waals surface area (Å²) in [6.07, 6.45) is 1.10. The molecular formula is C16H27NO5. The van der Waals surface area contributed by atoms with Crippen molar-refractivity contribution in [3.63, 3.8) is 0 Å². The van der Waals surface area contributed by atoms with E-state index in [2.05, 4.69) is 5.32 Å². The highest BCUT2D eigenvalue weighted by Crippen LogP contribution is 2.53. The quantitative estimate of drug-likeness (QED) is 0.468. The van der Waals surface area contributed by atoms with Gasteiger partial charge < -0.3 is 25.2 Å². The molecule has 0 amide bonds. The summed E-state index contributed by atoms with van der Waals surface area (Å²) in [7, 11) is 0. The molecule has 0 spiro atoms. The van der Waals surface area contributed by atoms with Gasteiger partial charge in [-0.1, -0.05) is 0 Å². The summed E-state index contributed by atoms with van der Waals surface area (Å²) in [5.41, 5.74) is 0. The largest absolute Gasteiger partial charge is 0.394 e. The zero-order valence-electron chi connectivity index (χ0n) is 12.7. The average molecular weight is 313 g/mol. The summed E-state index contributed by atoms with van der Waals surface area (Å²) in [5, 5.41) is 42.7. The number of nitrogens with one attached hydrogen (secondary N) is 1. The molecule has 1 aliphatic heterocycles. The molecule has 22 heavy (non-hydrogen) atoms. The van der Waals surface area contributed by atoms with E-state index in [0.717, 1.165) is 11.8 Å². The summed E-state index contributed by atoms with van der Waals surface area (Å²) < 4.78 is 5.62. The van der Waals surface area contributed by atoms with Gasteiger partial charge in [0.15, 0.2) is 0 Å². The third-order valence-electron chi connectivity index (χ3n) is 6.48. The van der Waals surface area contributed by atoms with Crippen LogP contribution in [0.5, 0.6) is 0 Å². The van der Waals surface area contributed by atoms with Gasteiger partial charge in [-0.05, 0) is 55.8 Å². The van der Waals surface area contributed by atoms with Gasteiger partial charge in [0.05, 0.1) is 6.61 Å². The third kappa shape index (κ3) is 2.41. The highest BCUT2D eigenvalue weighted by atomic mass is 16.6. The second-order valence-corrected chi connectivity index (χ2v) is 7.87. The van der Waals surface area contributed by atoms with E-state index in [1.54, 1.807) is 0 Å². The summed E-state index contributed by atoms with van der Waals surface area (Å²) >= 11 is 0. The Balaban J connectivity index is 1.46. The monoisotopic (exact) mass is 313 g/mol. The molecule has 0 aromatic heterocycles. The molecule has 0 aromatic rings. The Morgan fingerprint density at radius 3 is 1.95 bits per heavy atom. The Bertz CT molecular complexity index is 389. The van der Waals surface area contributed by atoms with Crippen molar-refractivity contribution in [2.45, 2.75) is 68.8 Å². The van der Waals surface area contributed by atoms with Crippen LogP contribution in [-0.2, 0) is 4.74 Å². The molecular weight excluding hydrogens is 286 g/mol. The number of hydrogen-bond donors (Lipinski definition) is 5. The normalized spacial score (nSPS) is 57.3. The van der Waals surface area contributed by atoms with Gasteiger partial charge in [0.1, 0.15) is 30.6 Å². The molecule has 4 bridgehead atoms. The Hall–Kier alpha value is -0.240. The predicted octanol–water partition coefficient (Wildman–Crippen LogP) is -0.799. The van der Waals surface area contributed by atoms with Crippen molar-refractivity contribution in [1.29, 1.82) is 0 Å². The van der Waals surface area contributed by atoms with Gasteiger partial charge in [0, 0.05) is 6.04 Å². The number of rotatable bonds is 3. The molecule has 1 saturated heterocycles.